The molecule has 0 aromatic carbocycles. The van der Waals surface area contributed by atoms with Gasteiger partial charge in [-0.1, -0.05) is 0 Å². The van der Waals surface area contributed by atoms with Gasteiger partial charge in [-0.15, -0.1) is 0 Å². The Bertz CT molecular complexity index is 300. The normalized spacial score (nSPS) is 21.9. The second-order valence-electron chi connectivity index (χ2n) is 3.45. The number of hydrogen-bond donors (Lipinski definition) is 1. The van der Waals surface area contributed by atoms with Gasteiger partial charge in [0, 0.05) is 22.5 Å². The number of hydrogen-bond acceptors (Lipinski definition) is 3. The van der Waals surface area contributed by atoms with E-state index in [1.807, 2.05) is 18.0 Å². The molecule has 1 aromatic rings. The van der Waals surface area contributed by atoms with Crippen molar-refractivity contribution in [3.63, 3.8) is 0 Å². The number of anilines is 1. The largest absolute Gasteiger partial charge is 0.380 e. The topological polar surface area (TPSA) is 24.9 Å². The zero-order chi connectivity index (χ0) is 9.80. The standard InChI is InChI=1S/C10H13BrN2S/c11-8-4-10(6-12-5-8)13-9-2-1-3-14-7-9/h4-6,9,13H,1-3,7H2. The fourth-order valence-corrected chi connectivity index (χ4v) is 3.02. The molecule has 1 N–H and O–H groups in total. The van der Waals surface area contributed by atoms with Crippen LogP contribution in [0.4, 0.5) is 5.69 Å². The molecule has 1 atom stereocenters. The quantitative estimate of drug-likeness (QED) is 0.896. The Morgan fingerprint density at radius 3 is 3.14 bits per heavy atom. The monoisotopic (exact) mass is 272 g/mol. The van der Waals surface area contributed by atoms with Crippen molar-refractivity contribution in [1.29, 1.82) is 0 Å². The van der Waals surface area contributed by atoms with Crippen molar-refractivity contribution < 1.29 is 0 Å². The summed E-state index contributed by atoms with van der Waals surface area (Å²) in [6.07, 6.45) is 6.29. The van der Waals surface area contributed by atoms with Gasteiger partial charge in [0.05, 0.1) is 11.9 Å². The lowest BCUT2D eigenvalue weighted by atomic mass is 10.2. The van der Waals surface area contributed by atoms with Crippen LogP contribution in [0.25, 0.3) is 0 Å². The second-order valence-corrected chi connectivity index (χ2v) is 5.52. The van der Waals surface area contributed by atoms with Gasteiger partial charge in [0.2, 0.25) is 0 Å². The van der Waals surface area contributed by atoms with Gasteiger partial charge < -0.3 is 5.32 Å². The molecule has 0 radical (unpaired) electrons. The highest BCUT2D eigenvalue weighted by atomic mass is 79.9. The van der Waals surface area contributed by atoms with Crippen LogP contribution in [0.3, 0.4) is 0 Å². The van der Waals surface area contributed by atoms with Crippen molar-refractivity contribution in [2.24, 2.45) is 0 Å². The number of thioether (sulfide) groups is 1. The van der Waals surface area contributed by atoms with Crippen molar-refractivity contribution in [3.05, 3.63) is 22.9 Å². The van der Waals surface area contributed by atoms with Crippen molar-refractivity contribution in [1.82, 2.24) is 4.98 Å². The van der Waals surface area contributed by atoms with Crippen LogP contribution < -0.4 is 5.32 Å². The van der Waals surface area contributed by atoms with Crippen LogP contribution in [0.5, 0.6) is 0 Å². The van der Waals surface area contributed by atoms with Gasteiger partial charge in [0.1, 0.15) is 0 Å². The third kappa shape index (κ3) is 2.89. The summed E-state index contributed by atoms with van der Waals surface area (Å²) in [4.78, 5) is 4.13. The molecule has 0 spiro atoms. The maximum atomic E-state index is 4.13. The Labute approximate surface area is 97.0 Å². The summed E-state index contributed by atoms with van der Waals surface area (Å²) in [6.45, 7) is 0. The van der Waals surface area contributed by atoms with E-state index < -0.39 is 0 Å². The van der Waals surface area contributed by atoms with E-state index in [-0.39, 0.29) is 0 Å². The second kappa shape index (κ2) is 5.03. The molecule has 1 unspecified atom stereocenters. The molecule has 0 bridgehead atoms. The van der Waals surface area contributed by atoms with Crippen LogP contribution in [-0.4, -0.2) is 22.5 Å². The first-order chi connectivity index (χ1) is 6.84. The summed E-state index contributed by atoms with van der Waals surface area (Å²) >= 11 is 5.45. The lowest BCUT2D eigenvalue weighted by Crippen LogP contribution is -2.25. The minimum absolute atomic E-state index is 0.616. The van der Waals surface area contributed by atoms with Gasteiger partial charge in [-0.3, -0.25) is 4.98 Å². The molecule has 0 amide bonds. The highest BCUT2D eigenvalue weighted by molar-refractivity contribution is 9.10. The van der Waals surface area contributed by atoms with Gasteiger partial charge in [0.25, 0.3) is 0 Å². The van der Waals surface area contributed by atoms with Crippen LogP contribution in [0.2, 0.25) is 0 Å². The molecule has 2 nitrogen and oxygen atoms in total. The Morgan fingerprint density at radius 2 is 2.43 bits per heavy atom. The Morgan fingerprint density at radius 1 is 1.50 bits per heavy atom. The highest BCUT2D eigenvalue weighted by Crippen LogP contribution is 2.21. The number of halogens is 1. The number of nitrogens with one attached hydrogen (secondary N) is 1. The summed E-state index contributed by atoms with van der Waals surface area (Å²) < 4.78 is 1.03. The Hall–Kier alpha value is -0.220. The van der Waals surface area contributed by atoms with Crippen LogP contribution in [-0.2, 0) is 0 Å². The summed E-state index contributed by atoms with van der Waals surface area (Å²) in [5.74, 6) is 2.53. The Kier molecular flexibility index (Phi) is 3.70. The average Bonchev–Trinajstić information content (AvgIpc) is 2.19. The van der Waals surface area contributed by atoms with Crippen molar-refractivity contribution in [2.45, 2.75) is 18.9 Å². The van der Waals surface area contributed by atoms with E-state index >= 15 is 0 Å². The molecule has 14 heavy (non-hydrogen) atoms. The number of rotatable bonds is 2. The van der Waals surface area contributed by atoms with E-state index in [1.54, 1.807) is 6.20 Å². The van der Waals surface area contributed by atoms with Crippen LogP contribution in [0.1, 0.15) is 12.8 Å². The van der Waals surface area contributed by atoms with Crippen molar-refractivity contribution >= 4 is 33.4 Å². The van der Waals surface area contributed by atoms with E-state index in [9.17, 15) is 0 Å². The minimum Gasteiger partial charge on any atom is -0.380 e. The number of nitrogens with zero attached hydrogens (tertiary/aromatic N) is 1. The molecule has 1 aromatic heterocycles. The van der Waals surface area contributed by atoms with Gasteiger partial charge in [0.15, 0.2) is 0 Å². The fraction of sp³-hybridized carbons (Fsp3) is 0.500. The Balaban J connectivity index is 1.95. The molecular weight excluding hydrogens is 260 g/mol. The molecule has 0 aliphatic carbocycles. The summed E-state index contributed by atoms with van der Waals surface area (Å²) in [7, 11) is 0. The fourth-order valence-electron chi connectivity index (χ4n) is 1.58. The molecule has 76 valence electrons. The van der Waals surface area contributed by atoms with Crippen molar-refractivity contribution in [3.8, 4) is 0 Å². The van der Waals surface area contributed by atoms with Crippen LogP contribution in [0.15, 0.2) is 22.9 Å². The maximum Gasteiger partial charge on any atom is 0.0540 e. The third-order valence-electron chi connectivity index (χ3n) is 2.24. The molecule has 0 saturated carbocycles. The third-order valence-corrected chi connectivity index (χ3v) is 3.89. The summed E-state index contributed by atoms with van der Waals surface area (Å²) in [5.41, 5.74) is 1.12. The van der Waals surface area contributed by atoms with Gasteiger partial charge in [-0.2, -0.15) is 11.8 Å². The summed E-state index contributed by atoms with van der Waals surface area (Å²) in [6, 6.07) is 2.69. The van der Waals surface area contributed by atoms with Crippen molar-refractivity contribution in [2.75, 3.05) is 16.8 Å². The SMILES string of the molecule is Brc1cncc(NC2CCCSC2)c1. The molecule has 2 heterocycles. The zero-order valence-electron chi connectivity index (χ0n) is 7.87. The molecule has 1 aliphatic heterocycles. The number of pyridine rings is 1. The van der Waals surface area contributed by atoms with E-state index in [0.29, 0.717) is 6.04 Å². The van der Waals surface area contributed by atoms with Gasteiger partial charge >= 0.3 is 0 Å². The number of aromatic nitrogens is 1. The average molecular weight is 273 g/mol. The maximum absolute atomic E-state index is 4.13. The smallest absolute Gasteiger partial charge is 0.0540 e. The first-order valence-corrected chi connectivity index (χ1v) is 6.74. The molecule has 1 aliphatic rings. The van der Waals surface area contributed by atoms with Crippen LogP contribution >= 0.6 is 27.7 Å². The van der Waals surface area contributed by atoms with Gasteiger partial charge in [-0.05, 0) is 40.6 Å². The van der Waals surface area contributed by atoms with E-state index in [0.717, 1.165) is 10.2 Å². The van der Waals surface area contributed by atoms with E-state index in [4.69, 9.17) is 0 Å². The zero-order valence-corrected chi connectivity index (χ0v) is 10.3. The molecule has 4 heteroatoms. The first-order valence-electron chi connectivity index (χ1n) is 4.79. The van der Waals surface area contributed by atoms with E-state index in [2.05, 4.69) is 32.3 Å². The summed E-state index contributed by atoms with van der Waals surface area (Å²) in [5, 5.41) is 3.51. The highest BCUT2D eigenvalue weighted by Gasteiger charge is 2.13. The lowest BCUT2D eigenvalue weighted by molar-refractivity contribution is 0.685. The minimum atomic E-state index is 0.616. The predicted octanol–water partition coefficient (Wildman–Crippen LogP) is 3.15. The predicted molar refractivity (Wildman–Crippen MR) is 65.9 cm³/mol. The van der Waals surface area contributed by atoms with Crippen LogP contribution in [0, 0.1) is 0 Å². The molecular formula is C10H13BrN2S. The van der Waals surface area contributed by atoms with Gasteiger partial charge in [-0.25, -0.2) is 0 Å². The molecule has 1 saturated heterocycles. The molecule has 1 fully saturated rings. The first kappa shape index (κ1) is 10.3. The lowest BCUT2D eigenvalue weighted by Gasteiger charge is -2.23. The van der Waals surface area contributed by atoms with E-state index in [1.165, 1.54) is 24.3 Å². The molecule has 2 rings (SSSR count).